The van der Waals surface area contributed by atoms with Crippen molar-refractivity contribution in [2.45, 2.75) is 17.9 Å². The minimum absolute atomic E-state index is 0.0169. The minimum Gasteiger partial charge on any atom is -0.352 e. The average Bonchev–Trinajstić information content (AvgIpc) is 2.55. The van der Waals surface area contributed by atoms with E-state index in [1.165, 1.54) is 30.3 Å². The number of rotatable bonds is 6. The molecule has 0 heterocycles. The number of halogens is 3. The van der Waals surface area contributed by atoms with Crippen LogP contribution in [0.2, 0.25) is 10.0 Å². The molecule has 24 heavy (non-hydrogen) atoms. The van der Waals surface area contributed by atoms with Gasteiger partial charge in [-0.25, -0.2) is 12.8 Å². The van der Waals surface area contributed by atoms with Gasteiger partial charge in [-0.1, -0.05) is 35.3 Å². The Balaban J connectivity index is 1.90. The summed E-state index contributed by atoms with van der Waals surface area (Å²) in [6, 6.07) is 9.66. The monoisotopic (exact) mass is 389 g/mol. The summed E-state index contributed by atoms with van der Waals surface area (Å²) < 4.78 is 37.2. The summed E-state index contributed by atoms with van der Waals surface area (Å²) in [4.78, 5) is 11.8. The van der Waals surface area contributed by atoms with Crippen LogP contribution < -0.4 is 5.32 Å². The van der Waals surface area contributed by atoms with E-state index in [0.717, 1.165) is 5.56 Å². The van der Waals surface area contributed by atoms with E-state index in [1.54, 1.807) is 12.1 Å². The molecule has 0 aliphatic rings. The summed E-state index contributed by atoms with van der Waals surface area (Å²) in [5.41, 5.74) is 0.720. The molecule has 0 aromatic heterocycles. The van der Waals surface area contributed by atoms with Crippen LogP contribution in [0.4, 0.5) is 4.39 Å². The molecule has 128 valence electrons. The van der Waals surface area contributed by atoms with Gasteiger partial charge in [-0.2, -0.15) is 0 Å². The largest absolute Gasteiger partial charge is 0.352 e. The molecule has 0 fully saturated rings. The van der Waals surface area contributed by atoms with Crippen molar-refractivity contribution in [1.82, 2.24) is 5.32 Å². The summed E-state index contributed by atoms with van der Waals surface area (Å²) in [7, 11) is -3.64. The first-order valence-corrected chi connectivity index (χ1v) is 9.38. The van der Waals surface area contributed by atoms with Gasteiger partial charge in [0.25, 0.3) is 0 Å². The van der Waals surface area contributed by atoms with Crippen molar-refractivity contribution in [2.75, 3.05) is 5.75 Å². The maximum Gasteiger partial charge on any atom is 0.221 e. The van der Waals surface area contributed by atoms with Crippen molar-refractivity contribution in [3.8, 4) is 0 Å². The number of carbonyl (C=O) groups is 1. The molecule has 0 atom stereocenters. The van der Waals surface area contributed by atoms with Crippen molar-refractivity contribution in [2.24, 2.45) is 0 Å². The molecule has 0 saturated heterocycles. The summed E-state index contributed by atoms with van der Waals surface area (Å²) in [5.74, 6) is -1.12. The summed E-state index contributed by atoms with van der Waals surface area (Å²) in [5, 5.41) is 2.98. The van der Waals surface area contributed by atoms with Gasteiger partial charge in [0.1, 0.15) is 5.82 Å². The minimum atomic E-state index is -3.64. The topological polar surface area (TPSA) is 63.2 Å². The van der Waals surface area contributed by atoms with Crippen molar-refractivity contribution in [1.29, 1.82) is 0 Å². The number of sulfone groups is 1. The van der Waals surface area contributed by atoms with Gasteiger partial charge < -0.3 is 5.32 Å². The molecule has 1 N–H and O–H groups in total. The number of benzene rings is 2. The highest BCUT2D eigenvalue weighted by Gasteiger charge is 2.17. The predicted octanol–water partition coefficient (Wildman–Crippen LogP) is 3.61. The van der Waals surface area contributed by atoms with Crippen molar-refractivity contribution >= 4 is 38.9 Å². The highest BCUT2D eigenvalue weighted by atomic mass is 35.5. The quantitative estimate of drug-likeness (QED) is 0.820. The van der Waals surface area contributed by atoms with Crippen LogP contribution in [0.15, 0.2) is 47.4 Å². The SMILES string of the molecule is O=C(CCS(=O)(=O)c1ccc(Cl)c(Cl)c1)NCc1ccc(F)cc1. The maximum absolute atomic E-state index is 12.8. The zero-order chi connectivity index (χ0) is 17.7. The van der Waals surface area contributed by atoms with Gasteiger partial charge in [0.05, 0.1) is 20.7 Å². The number of amides is 1. The zero-order valence-electron chi connectivity index (χ0n) is 12.4. The number of carbonyl (C=O) groups excluding carboxylic acids is 1. The Morgan fingerprint density at radius 2 is 1.71 bits per heavy atom. The first-order valence-electron chi connectivity index (χ1n) is 6.97. The molecular weight excluding hydrogens is 376 g/mol. The fourth-order valence-corrected chi connectivity index (χ4v) is 3.53. The molecule has 2 rings (SSSR count). The molecule has 1 amide bonds. The Morgan fingerprint density at radius 1 is 1.04 bits per heavy atom. The van der Waals surface area contributed by atoms with E-state index in [2.05, 4.69) is 5.32 Å². The van der Waals surface area contributed by atoms with Crippen LogP contribution in [0.3, 0.4) is 0 Å². The van der Waals surface area contributed by atoms with Crippen LogP contribution in [-0.4, -0.2) is 20.1 Å². The number of hydrogen-bond acceptors (Lipinski definition) is 3. The second-order valence-corrected chi connectivity index (χ2v) is 7.97. The van der Waals surface area contributed by atoms with Gasteiger partial charge in [0.15, 0.2) is 9.84 Å². The fourth-order valence-electron chi connectivity index (χ4n) is 1.91. The summed E-state index contributed by atoms with van der Waals surface area (Å²) in [6.45, 7) is 0.200. The lowest BCUT2D eigenvalue weighted by molar-refractivity contribution is -0.120. The lowest BCUT2D eigenvalue weighted by atomic mass is 10.2. The van der Waals surface area contributed by atoms with Gasteiger partial charge in [-0.3, -0.25) is 4.79 Å². The molecule has 0 saturated carbocycles. The molecule has 0 bridgehead atoms. The predicted molar refractivity (Wildman–Crippen MR) is 91.4 cm³/mol. The Morgan fingerprint density at radius 3 is 2.33 bits per heavy atom. The van der Waals surface area contributed by atoms with Crippen LogP contribution in [0.1, 0.15) is 12.0 Å². The van der Waals surface area contributed by atoms with Crippen LogP contribution in [-0.2, 0) is 21.2 Å². The third-order valence-electron chi connectivity index (χ3n) is 3.25. The van der Waals surface area contributed by atoms with Crippen molar-refractivity contribution < 1.29 is 17.6 Å². The molecule has 0 aliphatic carbocycles. The van der Waals surface area contributed by atoms with Gasteiger partial charge in [0.2, 0.25) is 5.91 Å². The summed E-state index contributed by atoms with van der Waals surface area (Å²) >= 11 is 11.6. The highest BCUT2D eigenvalue weighted by Crippen LogP contribution is 2.25. The second kappa shape index (κ2) is 7.96. The molecular formula is C16H14Cl2FNO3S. The second-order valence-electron chi connectivity index (χ2n) is 5.05. The van der Waals surface area contributed by atoms with E-state index < -0.39 is 15.7 Å². The Labute approximate surface area is 149 Å². The van der Waals surface area contributed by atoms with Gasteiger partial charge in [-0.15, -0.1) is 0 Å². The Kier molecular flexibility index (Phi) is 6.21. The van der Waals surface area contributed by atoms with E-state index >= 15 is 0 Å². The average molecular weight is 390 g/mol. The lowest BCUT2D eigenvalue weighted by Gasteiger charge is -2.07. The van der Waals surface area contributed by atoms with Gasteiger partial charge in [-0.05, 0) is 35.9 Å². The van der Waals surface area contributed by atoms with E-state index in [9.17, 15) is 17.6 Å². The maximum atomic E-state index is 12.8. The smallest absolute Gasteiger partial charge is 0.221 e. The number of nitrogens with one attached hydrogen (secondary N) is 1. The molecule has 0 unspecified atom stereocenters. The third-order valence-corrected chi connectivity index (χ3v) is 5.70. The standard InChI is InChI=1S/C16H14Cl2FNO3S/c17-14-6-5-13(9-15(14)18)24(22,23)8-7-16(21)20-10-11-1-3-12(19)4-2-11/h1-6,9H,7-8,10H2,(H,20,21). The van der Waals surface area contributed by atoms with E-state index in [-0.39, 0.29) is 39.5 Å². The van der Waals surface area contributed by atoms with E-state index in [4.69, 9.17) is 23.2 Å². The van der Waals surface area contributed by atoms with Gasteiger partial charge >= 0.3 is 0 Å². The molecule has 2 aromatic rings. The third kappa shape index (κ3) is 5.19. The van der Waals surface area contributed by atoms with Crippen LogP contribution in [0, 0.1) is 5.82 Å². The van der Waals surface area contributed by atoms with Crippen LogP contribution in [0.5, 0.6) is 0 Å². The van der Waals surface area contributed by atoms with Crippen LogP contribution >= 0.6 is 23.2 Å². The number of hydrogen-bond donors (Lipinski definition) is 1. The summed E-state index contributed by atoms with van der Waals surface area (Å²) in [6.07, 6.45) is -0.191. The first-order chi connectivity index (χ1) is 11.3. The molecule has 0 radical (unpaired) electrons. The fraction of sp³-hybridized carbons (Fsp3) is 0.188. The first kappa shape index (κ1) is 18.7. The van der Waals surface area contributed by atoms with Crippen LogP contribution in [0.25, 0.3) is 0 Å². The molecule has 8 heteroatoms. The molecule has 4 nitrogen and oxygen atoms in total. The molecule has 0 spiro atoms. The molecule has 0 aliphatic heterocycles. The lowest BCUT2D eigenvalue weighted by Crippen LogP contribution is -2.25. The Hall–Kier alpha value is -1.63. The Bertz CT molecular complexity index is 839. The van der Waals surface area contributed by atoms with Crippen molar-refractivity contribution in [3.63, 3.8) is 0 Å². The highest BCUT2D eigenvalue weighted by molar-refractivity contribution is 7.91. The van der Waals surface area contributed by atoms with E-state index in [0.29, 0.717) is 0 Å². The molecule has 2 aromatic carbocycles. The van der Waals surface area contributed by atoms with Gasteiger partial charge in [0, 0.05) is 13.0 Å². The zero-order valence-corrected chi connectivity index (χ0v) is 14.8. The normalized spacial score (nSPS) is 11.3. The van der Waals surface area contributed by atoms with Crippen molar-refractivity contribution in [3.05, 3.63) is 63.9 Å². The van der Waals surface area contributed by atoms with E-state index in [1.807, 2.05) is 0 Å².